The van der Waals surface area contributed by atoms with Crippen molar-refractivity contribution in [3.8, 4) is 0 Å². The molecule has 1 N–H and O–H groups in total. The number of carbonyl (C=O) groups is 1. The first-order valence-electron chi connectivity index (χ1n) is 8.40. The SMILES string of the molecule is CC(C)[C@H](NC(=O)c1ccc(Cn2ccnc2)cc1)c1ccccn1. The predicted octanol–water partition coefficient (Wildman–Crippen LogP) is 3.45. The highest BCUT2D eigenvalue weighted by Crippen LogP contribution is 2.20. The molecule has 0 unspecified atom stereocenters. The van der Waals surface area contributed by atoms with E-state index in [1.165, 1.54) is 0 Å². The summed E-state index contributed by atoms with van der Waals surface area (Å²) in [6.45, 7) is 4.89. The van der Waals surface area contributed by atoms with Crippen molar-refractivity contribution >= 4 is 5.91 Å². The third-order valence-electron chi connectivity index (χ3n) is 4.10. The van der Waals surface area contributed by atoms with Crippen LogP contribution < -0.4 is 5.32 Å². The van der Waals surface area contributed by atoms with Gasteiger partial charge >= 0.3 is 0 Å². The van der Waals surface area contributed by atoms with E-state index in [1.807, 2.05) is 53.2 Å². The van der Waals surface area contributed by atoms with Crippen molar-refractivity contribution in [2.45, 2.75) is 26.4 Å². The molecule has 0 saturated carbocycles. The molecule has 0 radical (unpaired) electrons. The largest absolute Gasteiger partial charge is 0.343 e. The molecule has 1 atom stereocenters. The summed E-state index contributed by atoms with van der Waals surface area (Å²) in [5, 5.41) is 3.10. The van der Waals surface area contributed by atoms with E-state index in [0.29, 0.717) is 5.56 Å². The average Bonchev–Trinajstić information content (AvgIpc) is 3.13. The second-order valence-corrected chi connectivity index (χ2v) is 6.38. The van der Waals surface area contributed by atoms with Crippen LogP contribution in [0.3, 0.4) is 0 Å². The van der Waals surface area contributed by atoms with Gasteiger partial charge in [0.25, 0.3) is 5.91 Å². The molecule has 0 aliphatic heterocycles. The Morgan fingerprint density at radius 1 is 1.12 bits per heavy atom. The summed E-state index contributed by atoms with van der Waals surface area (Å²) in [6.07, 6.45) is 7.20. The molecule has 2 heterocycles. The Labute approximate surface area is 147 Å². The van der Waals surface area contributed by atoms with E-state index in [4.69, 9.17) is 0 Å². The number of pyridine rings is 1. The van der Waals surface area contributed by atoms with Crippen LogP contribution in [0.5, 0.6) is 0 Å². The van der Waals surface area contributed by atoms with E-state index in [1.54, 1.807) is 18.7 Å². The minimum atomic E-state index is -0.112. The van der Waals surface area contributed by atoms with Crippen molar-refractivity contribution in [2.75, 3.05) is 0 Å². The van der Waals surface area contributed by atoms with Crippen molar-refractivity contribution < 1.29 is 4.79 Å². The van der Waals surface area contributed by atoms with Crippen LogP contribution in [0.15, 0.2) is 67.4 Å². The van der Waals surface area contributed by atoms with E-state index in [-0.39, 0.29) is 17.9 Å². The van der Waals surface area contributed by atoms with Gasteiger partial charge in [0, 0.05) is 30.7 Å². The Morgan fingerprint density at radius 3 is 2.52 bits per heavy atom. The molecule has 3 aromatic rings. The number of amides is 1. The number of aromatic nitrogens is 3. The molecule has 1 aromatic carbocycles. The lowest BCUT2D eigenvalue weighted by Crippen LogP contribution is -2.32. The van der Waals surface area contributed by atoms with Crippen molar-refractivity contribution in [1.29, 1.82) is 0 Å². The summed E-state index contributed by atoms with van der Waals surface area (Å²) in [5.74, 6) is 0.165. The second-order valence-electron chi connectivity index (χ2n) is 6.38. The van der Waals surface area contributed by atoms with Gasteiger partial charge in [-0.15, -0.1) is 0 Å². The molecule has 128 valence electrons. The third-order valence-corrected chi connectivity index (χ3v) is 4.10. The monoisotopic (exact) mass is 334 g/mol. The third kappa shape index (κ3) is 4.32. The van der Waals surface area contributed by atoms with Crippen LogP contribution in [-0.4, -0.2) is 20.4 Å². The van der Waals surface area contributed by atoms with Gasteiger partial charge in [-0.25, -0.2) is 4.98 Å². The molecular formula is C20H22N4O. The lowest BCUT2D eigenvalue weighted by molar-refractivity contribution is 0.0924. The molecule has 5 nitrogen and oxygen atoms in total. The molecule has 0 fully saturated rings. The number of rotatable bonds is 6. The van der Waals surface area contributed by atoms with Crippen molar-refractivity contribution in [3.63, 3.8) is 0 Å². The fraction of sp³-hybridized carbons (Fsp3) is 0.250. The first-order chi connectivity index (χ1) is 12.1. The van der Waals surface area contributed by atoms with Crippen LogP contribution >= 0.6 is 0 Å². The molecule has 2 aromatic heterocycles. The van der Waals surface area contributed by atoms with Crippen LogP contribution in [0.4, 0.5) is 0 Å². The smallest absolute Gasteiger partial charge is 0.251 e. The van der Waals surface area contributed by atoms with Crippen molar-refractivity contribution in [3.05, 3.63) is 84.2 Å². The molecule has 3 rings (SSSR count). The number of hydrogen-bond acceptors (Lipinski definition) is 3. The van der Waals surface area contributed by atoms with Gasteiger partial charge < -0.3 is 9.88 Å². The summed E-state index contributed by atoms with van der Waals surface area (Å²) in [6, 6.07) is 13.3. The molecule has 0 spiro atoms. The summed E-state index contributed by atoms with van der Waals surface area (Å²) >= 11 is 0. The highest BCUT2D eigenvalue weighted by molar-refractivity contribution is 5.94. The zero-order valence-corrected chi connectivity index (χ0v) is 14.5. The Bertz CT molecular complexity index is 795. The topological polar surface area (TPSA) is 59.8 Å². The number of imidazole rings is 1. The summed E-state index contributed by atoms with van der Waals surface area (Å²) < 4.78 is 1.99. The van der Waals surface area contributed by atoms with Crippen molar-refractivity contribution in [1.82, 2.24) is 19.9 Å². The maximum Gasteiger partial charge on any atom is 0.251 e. The normalized spacial score (nSPS) is 12.1. The van der Waals surface area contributed by atoms with Gasteiger partial charge in [-0.2, -0.15) is 0 Å². The zero-order valence-electron chi connectivity index (χ0n) is 14.5. The van der Waals surface area contributed by atoms with Gasteiger partial charge in [0.05, 0.1) is 18.1 Å². The lowest BCUT2D eigenvalue weighted by atomic mass is 9.99. The zero-order chi connectivity index (χ0) is 17.6. The first kappa shape index (κ1) is 16.9. The van der Waals surface area contributed by atoms with Crippen LogP contribution in [0, 0.1) is 5.92 Å². The van der Waals surface area contributed by atoms with Crippen LogP contribution in [0.25, 0.3) is 0 Å². The average molecular weight is 334 g/mol. The standard InChI is InChI=1S/C20H22N4O/c1-15(2)19(18-5-3-4-10-22-18)23-20(25)17-8-6-16(7-9-17)13-24-12-11-21-14-24/h3-12,14-15,19H,13H2,1-2H3,(H,23,25)/t19-/m0/s1. The van der Waals surface area contributed by atoms with Gasteiger partial charge in [0.15, 0.2) is 0 Å². The Hall–Kier alpha value is -2.95. The van der Waals surface area contributed by atoms with Crippen LogP contribution in [0.1, 0.15) is 41.5 Å². The summed E-state index contributed by atoms with van der Waals surface area (Å²) in [4.78, 5) is 21.0. The number of nitrogens with one attached hydrogen (secondary N) is 1. The number of benzene rings is 1. The highest BCUT2D eigenvalue weighted by Gasteiger charge is 2.20. The van der Waals surface area contributed by atoms with Crippen LogP contribution in [-0.2, 0) is 6.54 Å². The number of nitrogens with zero attached hydrogens (tertiary/aromatic N) is 3. The van der Waals surface area contributed by atoms with E-state index in [9.17, 15) is 4.79 Å². The molecule has 0 saturated heterocycles. The molecule has 0 aliphatic rings. The van der Waals surface area contributed by atoms with Crippen LogP contribution in [0.2, 0.25) is 0 Å². The molecule has 0 bridgehead atoms. The van der Waals surface area contributed by atoms with Gasteiger partial charge in [-0.1, -0.05) is 32.0 Å². The van der Waals surface area contributed by atoms with E-state index in [0.717, 1.165) is 17.8 Å². The maximum atomic E-state index is 12.6. The lowest BCUT2D eigenvalue weighted by Gasteiger charge is -2.22. The van der Waals surface area contributed by atoms with Gasteiger partial charge in [0.2, 0.25) is 0 Å². The molecular weight excluding hydrogens is 312 g/mol. The summed E-state index contributed by atoms with van der Waals surface area (Å²) in [5.41, 5.74) is 2.65. The number of carbonyl (C=O) groups excluding carboxylic acids is 1. The molecule has 1 amide bonds. The van der Waals surface area contributed by atoms with Gasteiger partial charge in [-0.05, 0) is 35.7 Å². The highest BCUT2D eigenvalue weighted by atomic mass is 16.1. The Morgan fingerprint density at radius 2 is 1.92 bits per heavy atom. The first-order valence-corrected chi connectivity index (χ1v) is 8.40. The minimum Gasteiger partial charge on any atom is -0.343 e. The quantitative estimate of drug-likeness (QED) is 0.751. The fourth-order valence-corrected chi connectivity index (χ4v) is 2.72. The molecule has 0 aliphatic carbocycles. The van der Waals surface area contributed by atoms with Gasteiger partial charge in [-0.3, -0.25) is 9.78 Å². The Balaban J connectivity index is 1.69. The molecule has 5 heteroatoms. The van der Waals surface area contributed by atoms with E-state index < -0.39 is 0 Å². The van der Waals surface area contributed by atoms with Gasteiger partial charge in [0.1, 0.15) is 0 Å². The van der Waals surface area contributed by atoms with Crippen molar-refractivity contribution in [2.24, 2.45) is 5.92 Å². The fourth-order valence-electron chi connectivity index (χ4n) is 2.72. The Kier molecular flexibility index (Phi) is 5.23. The predicted molar refractivity (Wildman–Crippen MR) is 97.1 cm³/mol. The molecule has 25 heavy (non-hydrogen) atoms. The van der Waals surface area contributed by atoms with E-state index >= 15 is 0 Å². The second kappa shape index (κ2) is 7.75. The number of hydrogen-bond donors (Lipinski definition) is 1. The minimum absolute atomic E-state index is 0.0847. The summed E-state index contributed by atoms with van der Waals surface area (Å²) in [7, 11) is 0. The van der Waals surface area contributed by atoms with E-state index in [2.05, 4.69) is 29.1 Å². The maximum absolute atomic E-state index is 12.6.